The average Bonchev–Trinajstić information content (AvgIpc) is 2.45. The SMILES string of the molecule is COc1cnnc(Oc2ccnc(OCC(F)(F)F)c2)c1. The maximum absolute atomic E-state index is 12.1. The van der Waals surface area contributed by atoms with Crippen LogP contribution in [0.3, 0.4) is 0 Å². The molecular formula is C12H10F3N3O3. The zero-order chi connectivity index (χ0) is 15.3. The van der Waals surface area contributed by atoms with E-state index in [1.165, 1.54) is 37.7 Å². The van der Waals surface area contributed by atoms with Crippen molar-refractivity contribution in [2.24, 2.45) is 0 Å². The summed E-state index contributed by atoms with van der Waals surface area (Å²) in [6.45, 7) is -1.43. The van der Waals surface area contributed by atoms with Gasteiger partial charge in [-0.1, -0.05) is 0 Å². The van der Waals surface area contributed by atoms with Gasteiger partial charge in [0.05, 0.1) is 13.3 Å². The summed E-state index contributed by atoms with van der Waals surface area (Å²) in [4.78, 5) is 3.65. The van der Waals surface area contributed by atoms with E-state index in [0.29, 0.717) is 5.75 Å². The fraction of sp³-hybridized carbons (Fsp3) is 0.250. The van der Waals surface area contributed by atoms with E-state index in [0.717, 1.165) is 0 Å². The maximum atomic E-state index is 12.1. The van der Waals surface area contributed by atoms with Crippen molar-refractivity contribution in [2.75, 3.05) is 13.7 Å². The van der Waals surface area contributed by atoms with E-state index >= 15 is 0 Å². The molecular weight excluding hydrogens is 291 g/mol. The molecule has 0 saturated heterocycles. The molecule has 0 saturated carbocycles. The van der Waals surface area contributed by atoms with E-state index in [1.54, 1.807) is 0 Å². The van der Waals surface area contributed by atoms with Gasteiger partial charge in [-0.05, 0) is 6.07 Å². The lowest BCUT2D eigenvalue weighted by Gasteiger charge is -2.09. The molecule has 6 nitrogen and oxygen atoms in total. The Labute approximate surface area is 117 Å². The van der Waals surface area contributed by atoms with Crippen LogP contribution in [0, 0.1) is 0 Å². The number of alkyl halides is 3. The van der Waals surface area contributed by atoms with Gasteiger partial charge >= 0.3 is 6.18 Å². The lowest BCUT2D eigenvalue weighted by molar-refractivity contribution is -0.154. The van der Waals surface area contributed by atoms with E-state index in [9.17, 15) is 13.2 Å². The first-order valence-corrected chi connectivity index (χ1v) is 5.66. The predicted molar refractivity (Wildman–Crippen MR) is 64.4 cm³/mol. The number of rotatable bonds is 5. The zero-order valence-corrected chi connectivity index (χ0v) is 10.8. The topological polar surface area (TPSA) is 66.4 Å². The third-order valence-electron chi connectivity index (χ3n) is 2.16. The molecule has 2 rings (SSSR count). The Balaban J connectivity index is 2.06. The van der Waals surface area contributed by atoms with E-state index in [4.69, 9.17) is 9.47 Å². The number of hydrogen-bond donors (Lipinski definition) is 0. The van der Waals surface area contributed by atoms with Gasteiger partial charge in [0.15, 0.2) is 6.61 Å². The molecule has 0 N–H and O–H groups in total. The first-order valence-electron chi connectivity index (χ1n) is 5.66. The Morgan fingerprint density at radius 1 is 1.14 bits per heavy atom. The molecule has 0 fully saturated rings. The monoisotopic (exact) mass is 301 g/mol. The number of halogens is 3. The Bertz CT molecular complexity index is 608. The molecule has 0 spiro atoms. The quantitative estimate of drug-likeness (QED) is 0.845. The van der Waals surface area contributed by atoms with Crippen LogP contribution in [0.25, 0.3) is 0 Å². The Morgan fingerprint density at radius 3 is 2.62 bits per heavy atom. The molecule has 0 aliphatic heterocycles. The second-order valence-electron chi connectivity index (χ2n) is 3.77. The lowest BCUT2D eigenvalue weighted by atomic mass is 10.4. The summed E-state index contributed by atoms with van der Waals surface area (Å²) < 4.78 is 51.0. The van der Waals surface area contributed by atoms with Crippen LogP contribution < -0.4 is 14.2 Å². The summed E-state index contributed by atoms with van der Waals surface area (Å²) in [5, 5.41) is 7.35. The molecule has 9 heteroatoms. The zero-order valence-electron chi connectivity index (χ0n) is 10.8. The van der Waals surface area contributed by atoms with Crippen LogP contribution in [0.15, 0.2) is 30.6 Å². The minimum Gasteiger partial charge on any atom is -0.495 e. The van der Waals surface area contributed by atoms with Crippen molar-refractivity contribution < 1.29 is 27.4 Å². The lowest BCUT2D eigenvalue weighted by Crippen LogP contribution is -2.19. The van der Waals surface area contributed by atoms with E-state index < -0.39 is 12.8 Å². The molecule has 0 aromatic carbocycles. The number of methoxy groups -OCH3 is 1. The fourth-order valence-electron chi connectivity index (χ4n) is 1.30. The van der Waals surface area contributed by atoms with Gasteiger partial charge in [-0.3, -0.25) is 0 Å². The van der Waals surface area contributed by atoms with Gasteiger partial charge in [0.2, 0.25) is 11.8 Å². The second-order valence-corrected chi connectivity index (χ2v) is 3.77. The molecule has 112 valence electrons. The molecule has 21 heavy (non-hydrogen) atoms. The van der Waals surface area contributed by atoms with Crippen molar-refractivity contribution in [3.8, 4) is 23.3 Å². The minimum atomic E-state index is -4.43. The third-order valence-corrected chi connectivity index (χ3v) is 2.16. The van der Waals surface area contributed by atoms with Crippen LogP contribution in [0.2, 0.25) is 0 Å². The highest BCUT2D eigenvalue weighted by Crippen LogP contribution is 2.25. The second kappa shape index (κ2) is 6.25. The molecule has 0 bridgehead atoms. The third kappa shape index (κ3) is 4.79. The summed E-state index contributed by atoms with van der Waals surface area (Å²) in [7, 11) is 1.45. The molecule has 0 atom stereocenters. The normalized spacial score (nSPS) is 11.0. The van der Waals surface area contributed by atoms with Gasteiger partial charge < -0.3 is 14.2 Å². The summed E-state index contributed by atoms with van der Waals surface area (Å²) in [6, 6.07) is 4.14. The van der Waals surface area contributed by atoms with Gasteiger partial charge in [-0.15, -0.1) is 5.10 Å². The Hall–Kier alpha value is -2.58. The van der Waals surface area contributed by atoms with Crippen LogP contribution >= 0.6 is 0 Å². The summed E-state index contributed by atoms with van der Waals surface area (Å²) in [6.07, 6.45) is -1.79. The summed E-state index contributed by atoms with van der Waals surface area (Å²) in [5.41, 5.74) is 0. The van der Waals surface area contributed by atoms with Crippen molar-refractivity contribution in [2.45, 2.75) is 6.18 Å². The number of hydrogen-bond acceptors (Lipinski definition) is 6. The van der Waals surface area contributed by atoms with Crippen LogP contribution in [0.4, 0.5) is 13.2 Å². The highest BCUT2D eigenvalue weighted by atomic mass is 19.4. The molecule has 2 aromatic heterocycles. The first-order chi connectivity index (χ1) is 9.96. The Kier molecular flexibility index (Phi) is 4.41. The van der Waals surface area contributed by atoms with Crippen molar-refractivity contribution >= 4 is 0 Å². The van der Waals surface area contributed by atoms with Gasteiger partial charge in [0.25, 0.3) is 0 Å². The molecule has 0 aliphatic carbocycles. The largest absolute Gasteiger partial charge is 0.495 e. The fourth-order valence-corrected chi connectivity index (χ4v) is 1.30. The van der Waals surface area contributed by atoms with Crippen molar-refractivity contribution in [3.05, 3.63) is 30.6 Å². The number of nitrogens with zero attached hydrogens (tertiary/aromatic N) is 3. The van der Waals surface area contributed by atoms with E-state index in [-0.39, 0.29) is 17.5 Å². The van der Waals surface area contributed by atoms with Gasteiger partial charge in [0.1, 0.15) is 11.5 Å². The van der Waals surface area contributed by atoms with Crippen molar-refractivity contribution in [3.63, 3.8) is 0 Å². The molecule has 0 aliphatic rings. The smallest absolute Gasteiger partial charge is 0.422 e. The first kappa shape index (κ1) is 14.8. The highest BCUT2D eigenvalue weighted by Gasteiger charge is 2.28. The van der Waals surface area contributed by atoms with Crippen LogP contribution in [-0.4, -0.2) is 35.1 Å². The van der Waals surface area contributed by atoms with Crippen molar-refractivity contribution in [1.29, 1.82) is 0 Å². The summed E-state index contributed by atoms with van der Waals surface area (Å²) >= 11 is 0. The van der Waals surface area contributed by atoms with Gasteiger partial charge in [-0.25, -0.2) is 4.98 Å². The van der Waals surface area contributed by atoms with Gasteiger partial charge in [-0.2, -0.15) is 18.3 Å². The highest BCUT2D eigenvalue weighted by molar-refractivity contribution is 5.31. The predicted octanol–water partition coefficient (Wildman–Crippen LogP) is 2.61. The van der Waals surface area contributed by atoms with Crippen LogP contribution in [0.1, 0.15) is 0 Å². The molecule has 2 aromatic rings. The molecule has 0 unspecified atom stereocenters. The average molecular weight is 301 g/mol. The number of aromatic nitrogens is 3. The number of ether oxygens (including phenoxy) is 3. The van der Waals surface area contributed by atoms with Crippen molar-refractivity contribution in [1.82, 2.24) is 15.2 Å². The minimum absolute atomic E-state index is 0.127. The van der Waals surface area contributed by atoms with Gasteiger partial charge in [0, 0.05) is 18.3 Å². The molecule has 2 heterocycles. The molecule has 0 amide bonds. The van der Waals surface area contributed by atoms with E-state index in [2.05, 4.69) is 19.9 Å². The maximum Gasteiger partial charge on any atom is 0.422 e. The number of pyridine rings is 1. The van der Waals surface area contributed by atoms with Crippen LogP contribution in [0.5, 0.6) is 23.3 Å². The standard InChI is InChI=1S/C12H10F3N3O3/c1-19-9-5-11(18-17-6-9)21-8-2-3-16-10(4-8)20-7-12(13,14)15/h2-6H,7H2,1H3. The molecule has 0 radical (unpaired) electrons. The van der Waals surface area contributed by atoms with Crippen LogP contribution in [-0.2, 0) is 0 Å². The summed E-state index contributed by atoms with van der Waals surface area (Å²) in [5.74, 6) is 0.565. The Morgan fingerprint density at radius 2 is 1.90 bits per heavy atom. The van der Waals surface area contributed by atoms with E-state index in [1.807, 2.05) is 0 Å².